The summed E-state index contributed by atoms with van der Waals surface area (Å²) in [7, 11) is 0. The molecule has 0 fully saturated rings. The van der Waals surface area contributed by atoms with Crippen molar-refractivity contribution in [2.75, 3.05) is 0 Å². The molecular formula is C16H12BrNO2. The number of carbonyl (C=O) groups excluding carboxylic acids is 1. The van der Waals surface area contributed by atoms with E-state index >= 15 is 0 Å². The first kappa shape index (κ1) is 14.3. The second-order valence-corrected chi connectivity index (χ2v) is 5.20. The van der Waals surface area contributed by atoms with Gasteiger partial charge in [0, 0.05) is 5.56 Å². The van der Waals surface area contributed by atoms with Crippen LogP contribution in [0.15, 0.2) is 40.9 Å². The van der Waals surface area contributed by atoms with Gasteiger partial charge in [-0.05, 0) is 64.3 Å². The molecule has 2 aromatic carbocycles. The number of nitriles is 1. The predicted octanol–water partition coefficient (Wildman–Crippen LogP) is 4.02. The molecule has 20 heavy (non-hydrogen) atoms. The van der Waals surface area contributed by atoms with Crippen molar-refractivity contribution in [1.29, 1.82) is 5.26 Å². The lowest BCUT2D eigenvalue weighted by Gasteiger charge is -2.10. The van der Waals surface area contributed by atoms with Crippen LogP contribution in [0.4, 0.5) is 0 Å². The molecule has 100 valence electrons. The first-order valence-corrected chi connectivity index (χ1v) is 6.80. The van der Waals surface area contributed by atoms with E-state index in [1.165, 1.54) is 0 Å². The van der Waals surface area contributed by atoms with Crippen LogP contribution in [0.5, 0.6) is 5.75 Å². The zero-order chi connectivity index (χ0) is 14.5. The Balaban J connectivity index is 2.13. The number of benzene rings is 2. The van der Waals surface area contributed by atoms with E-state index in [1.54, 1.807) is 24.3 Å². The Kier molecular flexibility index (Phi) is 4.54. The summed E-state index contributed by atoms with van der Waals surface area (Å²) >= 11 is 3.38. The number of hydrogen-bond acceptors (Lipinski definition) is 3. The van der Waals surface area contributed by atoms with Crippen molar-refractivity contribution >= 4 is 22.2 Å². The van der Waals surface area contributed by atoms with E-state index in [0.717, 1.165) is 21.9 Å². The third-order valence-electron chi connectivity index (χ3n) is 2.95. The van der Waals surface area contributed by atoms with Gasteiger partial charge >= 0.3 is 0 Å². The molecule has 0 aliphatic rings. The van der Waals surface area contributed by atoms with Crippen LogP contribution >= 0.6 is 15.9 Å². The highest BCUT2D eigenvalue weighted by molar-refractivity contribution is 9.10. The third-order valence-corrected chi connectivity index (χ3v) is 3.57. The van der Waals surface area contributed by atoms with Crippen LogP contribution in [0, 0.1) is 18.3 Å². The maximum Gasteiger partial charge on any atom is 0.150 e. The molecule has 0 N–H and O–H groups in total. The quantitative estimate of drug-likeness (QED) is 0.796. The summed E-state index contributed by atoms with van der Waals surface area (Å²) in [4.78, 5) is 10.7. The molecule has 0 radical (unpaired) electrons. The predicted molar refractivity (Wildman–Crippen MR) is 79.8 cm³/mol. The minimum Gasteiger partial charge on any atom is -0.488 e. The molecule has 0 atom stereocenters. The van der Waals surface area contributed by atoms with E-state index in [0.29, 0.717) is 23.5 Å². The maximum atomic E-state index is 10.7. The number of aldehydes is 1. The second kappa shape index (κ2) is 6.36. The van der Waals surface area contributed by atoms with Crippen LogP contribution in [0.2, 0.25) is 0 Å². The molecule has 0 saturated carbocycles. The number of halogens is 1. The number of carbonyl (C=O) groups is 1. The van der Waals surface area contributed by atoms with Crippen molar-refractivity contribution in [2.24, 2.45) is 0 Å². The largest absolute Gasteiger partial charge is 0.488 e. The molecule has 0 amide bonds. The smallest absolute Gasteiger partial charge is 0.150 e. The average molecular weight is 330 g/mol. The summed E-state index contributed by atoms with van der Waals surface area (Å²) < 4.78 is 6.47. The number of nitrogens with zero attached hydrogens (tertiary/aromatic N) is 1. The fourth-order valence-corrected chi connectivity index (χ4v) is 2.30. The molecule has 4 heteroatoms. The summed E-state index contributed by atoms with van der Waals surface area (Å²) in [6.07, 6.45) is 0.791. The van der Waals surface area contributed by atoms with E-state index in [-0.39, 0.29) is 0 Å². The SMILES string of the molecule is Cc1cc(C#N)ccc1COc1ccc(C=O)cc1Br. The summed E-state index contributed by atoms with van der Waals surface area (Å²) in [5, 5.41) is 8.83. The van der Waals surface area contributed by atoms with E-state index < -0.39 is 0 Å². The number of aryl methyl sites for hydroxylation is 1. The second-order valence-electron chi connectivity index (χ2n) is 4.35. The van der Waals surface area contributed by atoms with Gasteiger partial charge in [-0.2, -0.15) is 5.26 Å². The summed E-state index contributed by atoms with van der Waals surface area (Å²) in [6, 6.07) is 12.8. The molecule has 0 bridgehead atoms. The molecule has 3 nitrogen and oxygen atoms in total. The molecule has 2 rings (SSSR count). The van der Waals surface area contributed by atoms with E-state index in [2.05, 4.69) is 22.0 Å². The molecule has 2 aromatic rings. The lowest BCUT2D eigenvalue weighted by molar-refractivity contribution is 0.112. The first-order chi connectivity index (χ1) is 9.63. The summed E-state index contributed by atoms with van der Waals surface area (Å²) in [6.45, 7) is 2.36. The Morgan fingerprint density at radius 1 is 1.30 bits per heavy atom. The normalized spacial score (nSPS) is 9.85. The van der Waals surface area contributed by atoms with E-state index in [4.69, 9.17) is 10.00 Å². The highest BCUT2D eigenvalue weighted by Crippen LogP contribution is 2.26. The Morgan fingerprint density at radius 3 is 2.70 bits per heavy atom. The highest BCUT2D eigenvalue weighted by Gasteiger charge is 2.05. The van der Waals surface area contributed by atoms with Crippen molar-refractivity contribution < 1.29 is 9.53 Å². The standard InChI is InChI=1S/C16H12BrNO2/c1-11-6-12(8-18)2-4-14(11)10-20-16-5-3-13(9-19)7-15(16)17/h2-7,9H,10H2,1H3. The van der Waals surface area contributed by atoms with Gasteiger partial charge in [-0.15, -0.1) is 0 Å². The van der Waals surface area contributed by atoms with Crippen molar-refractivity contribution in [1.82, 2.24) is 0 Å². The van der Waals surface area contributed by atoms with Crippen LogP contribution < -0.4 is 4.74 Å². The minimum absolute atomic E-state index is 0.413. The number of hydrogen-bond donors (Lipinski definition) is 0. The van der Waals surface area contributed by atoms with Crippen LogP contribution in [0.1, 0.15) is 27.0 Å². The first-order valence-electron chi connectivity index (χ1n) is 6.01. The van der Waals surface area contributed by atoms with Crippen molar-refractivity contribution in [3.8, 4) is 11.8 Å². The van der Waals surface area contributed by atoms with Gasteiger partial charge in [0.2, 0.25) is 0 Å². The molecule has 0 unspecified atom stereocenters. The van der Waals surface area contributed by atoms with Crippen LogP contribution in [0.25, 0.3) is 0 Å². The Hall–Kier alpha value is -2.12. The van der Waals surface area contributed by atoms with Crippen LogP contribution in [0.3, 0.4) is 0 Å². The van der Waals surface area contributed by atoms with Crippen molar-refractivity contribution in [3.63, 3.8) is 0 Å². The topological polar surface area (TPSA) is 50.1 Å². The summed E-state index contributed by atoms with van der Waals surface area (Å²) in [5.74, 6) is 0.680. The lowest BCUT2D eigenvalue weighted by Crippen LogP contribution is -1.99. The van der Waals surface area contributed by atoms with Gasteiger partial charge < -0.3 is 4.74 Å². The molecule has 0 spiro atoms. The molecule has 0 heterocycles. The monoisotopic (exact) mass is 329 g/mol. The Bertz CT molecular complexity index is 689. The molecule has 0 aromatic heterocycles. The van der Waals surface area contributed by atoms with Crippen LogP contribution in [-0.2, 0) is 6.61 Å². The number of ether oxygens (including phenoxy) is 1. The molecule has 0 aliphatic carbocycles. The van der Waals surface area contributed by atoms with Gasteiger partial charge in [0.05, 0.1) is 16.1 Å². The highest BCUT2D eigenvalue weighted by atomic mass is 79.9. The van der Waals surface area contributed by atoms with Gasteiger partial charge in [0.25, 0.3) is 0 Å². The van der Waals surface area contributed by atoms with Gasteiger partial charge in [0.15, 0.2) is 0 Å². The van der Waals surface area contributed by atoms with E-state index in [1.807, 2.05) is 19.1 Å². The van der Waals surface area contributed by atoms with Crippen LogP contribution in [-0.4, -0.2) is 6.29 Å². The number of rotatable bonds is 4. The summed E-state index contributed by atoms with van der Waals surface area (Å²) in [5.41, 5.74) is 3.28. The molecular weight excluding hydrogens is 318 g/mol. The van der Waals surface area contributed by atoms with Gasteiger partial charge in [-0.1, -0.05) is 6.07 Å². The van der Waals surface area contributed by atoms with E-state index in [9.17, 15) is 4.79 Å². The lowest BCUT2D eigenvalue weighted by atomic mass is 10.1. The average Bonchev–Trinajstić information content (AvgIpc) is 2.46. The van der Waals surface area contributed by atoms with Gasteiger partial charge in [-0.25, -0.2) is 0 Å². The van der Waals surface area contributed by atoms with Gasteiger partial charge in [-0.3, -0.25) is 4.79 Å². The fourth-order valence-electron chi connectivity index (χ4n) is 1.79. The van der Waals surface area contributed by atoms with Gasteiger partial charge in [0.1, 0.15) is 18.6 Å². The Morgan fingerprint density at radius 2 is 2.10 bits per heavy atom. The minimum atomic E-state index is 0.413. The van der Waals surface area contributed by atoms with Crippen molar-refractivity contribution in [3.05, 3.63) is 63.1 Å². The fraction of sp³-hybridized carbons (Fsp3) is 0.125. The zero-order valence-electron chi connectivity index (χ0n) is 10.9. The molecule has 0 aliphatic heterocycles. The molecule has 0 saturated heterocycles. The Labute approximate surface area is 125 Å². The maximum absolute atomic E-state index is 10.7. The zero-order valence-corrected chi connectivity index (χ0v) is 12.5. The van der Waals surface area contributed by atoms with Crippen molar-refractivity contribution in [2.45, 2.75) is 13.5 Å². The third kappa shape index (κ3) is 3.25.